The number of aromatic nitrogens is 4. The smallest absolute Gasteiger partial charge is 0.170 e. The van der Waals surface area contributed by atoms with Gasteiger partial charge in [-0.1, -0.05) is 13.0 Å². The second kappa shape index (κ2) is 6.66. The molecule has 0 saturated carbocycles. The second-order valence-electron chi connectivity index (χ2n) is 6.31. The number of aromatic hydroxyl groups is 2. The summed E-state index contributed by atoms with van der Waals surface area (Å²) in [6.45, 7) is 4.85. The highest BCUT2D eigenvalue weighted by atomic mass is 32.1. The van der Waals surface area contributed by atoms with Crippen LogP contribution in [-0.4, -0.2) is 29.3 Å². The maximum absolute atomic E-state index is 10.5. The molecule has 6 nitrogen and oxygen atoms in total. The molecule has 4 rings (SSSR count). The molecular formula is C20H20N4O2S. The first-order chi connectivity index (χ1) is 13.0. The van der Waals surface area contributed by atoms with E-state index < -0.39 is 0 Å². The number of imidazole rings is 2. The average Bonchev–Trinajstić information content (AvgIpc) is 3.25. The number of rotatable bonds is 4. The standard InChI is InChI=1S/C20H20N4O2S/c1-3-12-8-13(18(26)9-17(12)25)16-10-21-20(27)24(16)15-7-5-6-14-19(15)22-11-23(14)4-2/h5-11,25-26H,3-4H2,1-2H3,(H,21,27). The average molecular weight is 380 g/mol. The van der Waals surface area contributed by atoms with Crippen LogP contribution in [0, 0.1) is 0 Å². The van der Waals surface area contributed by atoms with E-state index in [1.54, 1.807) is 12.3 Å². The van der Waals surface area contributed by atoms with Gasteiger partial charge in [0.05, 0.1) is 29.4 Å². The third-order valence-electron chi connectivity index (χ3n) is 4.81. The van der Waals surface area contributed by atoms with Gasteiger partial charge in [0.1, 0.15) is 17.0 Å². The zero-order valence-electron chi connectivity index (χ0n) is 15.1. The zero-order valence-corrected chi connectivity index (χ0v) is 16.0. The molecule has 0 radical (unpaired) electrons. The van der Waals surface area contributed by atoms with Gasteiger partial charge in [0.15, 0.2) is 5.16 Å². The third kappa shape index (κ3) is 2.75. The lowest BCUT2D eigenvalue weighted by Gasteiger charge is -2.14. The SMILES string of the molecule is CCc1cc(-c2cnc(S)n2-c2cccc3c2ncn3CC)c(O)cc1O. The summed E-state index contributed by atoms with van der Waals surface area (Å²) in [4.78, 5) is 8.91. The Kier molecular flexibility index (Phi) is 4.31. The van der Waals surface area contributed by atoms with E-state index in [0.29, 0.717) is 22.8 Å². The molecule has 2 N–H and O–H groups in total. The first-order valence-corrected chi connectivity index (χ1v) is 9.26. The molecule has 0 saturated heterocycles. The Morgan fingerprint density at radius 2 is 1.89 bits per heavy atom. The first kappa shape index (κ1) is 17.5. The lowest BCUT2D eigenvalue weighted by atomic mass is 10.0. The van der Waals surface area contributed by atoms with Crippen LogP contribution in [0.4, 0.5) is 0 Å². The topological polar surface area (TPSA) is 76.1 Å². The Morgan fingerprint density at radius 3 is 2.63 bits per heavy atom. The fourth-order valence-corrected chi connectivity index (χ4v) is 3.66. The van der Waals surface area contributed by atoms with E-state index in [0.717, 1.165) is 28.8 Å². The number of phenols is 2. The van der Waals surface area contributed by atoms with Crippen LogP contribution in [0.5, 0.6) is 11.5 Å². The molecule has 0 unspecified atom stereocenters. The summed E-state index contributed by atoms with van der Waals surface area (Å²) in [5.74, 6) is 0.0742. The highest BCUT2D eigenvalue weighted by Gasteiger charge is 2.19. The van der Waals surface area contributed by atoms with Gasteiger partial charge < -0.3 is 14.8 Å². The van der Waals surface area contributed by atoms with Crippen molar-refractivity contribution >= 4 is 23.7 Å². The molecule has 0 bridgehead atoms. The molecular weight excluding hydrogens is 360 g/mol. The molecule has 2 aromatic carbocycles. The predicted octanol–water partition coefficient (Wildman–Crippen LogP) is 4.17. The van der Waals surface area contributed by atoms with Gasteiger partial charge in [-0.15, -0.1) is 12.6 Å². The Morgan fingerprint density at radius 1 is 1.07 bits per heavy atom. The molecule has 4 aromatic rings. The van der Waals surface area contributed by atoms with Crippen LogP contribution in [0.25, 0.3) is 28.0 Å². The molecule has 7 heteroatoms. The quantitative estimate of drug-likeness (QED) is 0.465. The summed E-state index contributed by atoms with van der Waals surface area (Å²) in [7, 11) is 0. The number of benzene rings is 2. The molecule has 0 amide bonds. The second-order valence-corrected chi connectivity index (χ2v) is 6.71. The fourth-order valence-electron chi connectivity index (χ4n) is 3.39. The number of aryl methyl sites for hydroxylation is 2. The molecule has 0 aliphatic heterocycles. The molecule has 0 spiro atoms. The summed E-state index contributed by atoms with van der Waals surface area (Å²) >= 11 is 4.53. The number of nitrogens with zero attached hydrogens (tertiary/aromatic N) is 4. The Hall–Kier alpha value is -2.93. The van der Waals surface area contributed by atoms with Crippen molar-refractivity contribution in [3.8, 4) is 28.4 Å². The monoisotopic (exact) mass is 380 g/mol. The van der Waals surface area contributed by atoms with Crippen LogP contribution >= 0.6 is 12.6 Å². The highest BCUT2D eigenvalue weighted by Crippen LogP contribution is 2.38. The van der Waals surface area contributed by atoms with Crippen LogP contribution in [0.3, 0.4) is 0 Å². The van der Waals surface area contributed by atoms with Gasteiger partial charge in [0, 0.05) is 18.2 Å². The van der Waals surface area contributed by atoms with Crippen molar-refractivity contribution < 1.29 is 10.2 Å². The Labute approximate surface area is 162 Å². The number of para-hydroxylation sites is 1. The van der Waals surface area contributed by atoms with Crippen molar-refractivity contribution in [3.63, 3.8) is 0 Å². The lowest BCUT2D eigenvalue weighted by Crippen LogP contribution is -2.00. The summed E-state index contributed by atoms with van der Waals surface area (Å²) in [6, 6.07) is 9.11. The van der Waals surface area contributed by atoms with Crippen molar-refractivity contribution in [1.82, 2.24) is 19.1 Å². The molecule has 27 heavy (non-hydrogen) atoms. The van der Waals surface area contributed by atoms with E-state index >= 15 is 0 Å². The van der Waals surface area contributed by atoms with Crippen LogP contribution in [0.1, 0.15) is 19.4 Å². The first-order valence-electron chi connectivity index (χ1n) is 8.81. The minimum atomic E-state index is -0.00885. The van der Waals surface area contributed by atoms with Crippen molar-refractivity contribution in [3.05, 3.63) is 48.4 Å². The summed E-state index contributed by atoms with van der Waals surface area (Å²) in [5, 5.41) is 21.0. The minimum absolute atomic E-state index is 0.00885. The third-order valence-corrected chi connectivity index (χ3v) is 5.12. The van der Waals surface area contributed by atoms with Gasteiger partial charge >= 0.3 is 0 Å². The molecule has 0 fully saturated rings. The Balaban J connectivity index is 1.99. The maximum atomic E-state index is 10.5. The number of hydrogen-bond donors (Lipinski definition) is 3. The van der Waals surface area contributed by atoms with E-state index in [4.69, 9.17) is 0 Å². The Bertz CT molecular complexity index is 1150. The number of phenolic OH excluding ortho intramolecular Hbond substituents is 2. The van der Waals surface area contributed by atoms with Crippen LogP contribution in [0.2, 0.25) is 0 Å². The number of fused-ring (bicyclic) bond motifs is 1. The maximum Gasteiger partial charge on any atom is 0.170 e. The molecule has 0 aliphatic rings. The summed E-state index contributed by atoms with van der Waals surface area (Å²) in [5.41, 5.74) is 4.72. The molecule has 0 atom stereocenters. The van der Waals surface area contributed by atoms with E-state index in [9.17, 15) is 10.2 Å². The van der Waals surface area contributed by atoms with E-state index in [2.05, 4.69) is 34.1 Å². The van der Waals surface area contributed by atoms with Crippen molar-refractivity contribution in [1.29, 1.82) is 0 Å². The van der Waals surface area contributed by atoms with E-state index in [1.807, 2.05) is 36.0 Å². The van der Waals surface area contributed by atoms with Gasteiger partial charge in [-0.2, -0.15) is 0 Å². The van der Waals surface area contributed by atoms with Gasteiger partial charge in [-0.25, -0.2) is 9.97 Å². The zero-order chi connectivity index (χ0) is 19.1. The van der Waals surface area contributed by atoms with Gasteiger partial charge in [-0.3, -0.25) is 4.57 Å². The lowest BCUT2D eigenvalue weighted by molar-refractivity contribution is 0.447. The van der Waals surface area contributed by atoms with Crippen LogP contribution < -0.4 is 0 Å². The predicted molar refractivity (Wildman–Crippen MR) is 108 cm³/mol. The van der Waals surface area contributed by atoms with Crippen molar-refractivity contribution in [2.24, 2.45) is 0 Å². The summed E-state index contributed by atoms with van der Waals surface area (Å²) in [6.07, 6.45) is 4.14. The van der Waals surface area contributed by atoms with E-state index in [1.165, 1.54) is 6.07 Å². The fraction of sp³-hybridized carbons (Fsp3) is 0.200. The van der Waals surface area contributed by atoms with Crippen LogP contribution in [-0.2, 0) is 13.0 Å². The minimum Gasteiger partial charge on any atom is -0.508 e. The molecule has 2 heterocycles. The molecule has 2 aromatic heterocycles. The van der Waals surface area contributed by atoms with Crippen molar-refractivity contribution in [2.75, 3.05) is 0 Å². The molecule has 138 valence electrons. The largest absolute Gasteiger partial charge is 0.508 e. The number of thiol groups is 1. The van der Waals surface area contributed by atoms with Crippen molar-refractivity contribution in [2.45, 2.75) is 32.0 Å². The highest BCUT2D eigenvalue weighted by molar-refractivity contribution is 7.80. The number of hydrogen-bond acceptors (Lipinski definition) is 5. The van der Waals surface area contributed by atoms with Gasteiger partial charge in [0.25, 0.3) is 0 Å². The van der Waals surface area contributed by atoms with Gasteiger partial charge in [0.2, 0.25) is 0 Å². The summed E-state index contributed by atoms with van der Waals surface area (Å²) < 4.78 is 3.94. The molecule has 0 aliphatic carbocycles. The van der Waals surface area contributed by atoms with Gasteiger partial charge in [-0.05, 0) is 37.1 Å². The normalized spacial score (nSPS) is 11.4. The van der Waals surface area contributed by atoms with E-state index in [-0.39, 0.29) is 11.5 Å². The van der Waals surface area contributed by atoms with Crippen LogP contribution in [0.15, 0.2) is 48.0 Å².